The van der Waals surface area contributed by atoms with Crippen molar-refractivity contribution in [1.82, 2.24) is 10.3 Å². The van der Waals surface area contributed by atoms with Gasteiger partial charge in [0.2, 0.25) is 0 Å². The first-order valence-electron chi connectivity index (χ1n) is 7.12. The largest absolute Gasteiger partial charge is 0.505 e. The van der Waals surface area contributed by atoms with Crippen LogP contribution in [0.3, 0.4) is 0 Å². The molecule has 0 saturated carbocycles. The summed E-state index contributed by atoms with van der Waals surface area (Å²) < 4.78 is 5.39. The first-order chi connectivity index (χ1) is 12.3. The highest BCUT2D eigenvalue weighted by Gasteiger charge is 2.13. The predicted octanol–water partition coefficient (Wildman–Crippen LogP) is 2.34. The van der Waals surface area contributed by atoms with Gasteiger partial charge in [0.1, 0.15) is 24.7 Å². The molecule has 1 amide bonds. The first kappa shape index (κ1) is 19.4. The van der Waals surface area contributed by atoms with Gasteiger partial charge in [-0.15, -0.1) is 0 Å². The number of aromatic nitrogens is 1. The maximum Gasteiger partial charge on any atom is 0.322 e. The van der Waals surface area contributed by atoms with Gasteiger partial charge in [0.25, 0.3) is 5.91 Å². The van der Waals surface area contributed by atoms with E-state index in [1.165, 1.54) is 12.3 Å². The topological polar surface area (TPSA) is 109 Å². The number of aliphatic carboxylic acids is 1. The van der Waals surface area contributed by atoms with Crippen molar-refractivity contribution in [2.45, 2.75) is 0 Å². The van der Waals surface area contributed by atoms with Gasteiger partial charge < -0.3 is 20.3 Å². The Morgan fingerprint density at radius 3 is 2.50 bits per heavy atom. The number of benzene rings is 1. The van der Waals surface area contributed by atoms with Gasteiger partial charge in [-0.2, -0.15) is 0 Å². The molecule has 9 heteroatoms. The van der Waals surface area contributed by atoms with E-state index in [-0.39, 0.29) is 12.3 Å². The minimum Gasteiger partial charge on any atom is -0.505 e. The van der Waals surface area contributed by atoms with Gasteiger partial charge >= 0.3 is 5.97 Å². The number of nitrogens with zero attached hydrogens (tertiary/aromatic N) is 1. The monoisotopic (exact) mass is 394 g/mol. The number of halogens is 2. The van der Waals surface area contributed by atoms with Crippen molar-refractivity contribution in [2.75, 3.05) is 13.2 Å². The van der Waals surface area contributed by atoms with Crippen LogP contribution in [0.5, 0.6) is 11.5 Å². The standard InChI is InChI=1S/C17H12Cl2N2O5/c18-11-5-12(19)7-13(6-11)26-3-1-2-10-4-14(22)16(20-8-10)17(25)21-9-15(23)24/h4-8,22H,3,9H2,(H,21,25)(H,23,24). The highest BCUT2D eigenvalue weighted by atomic mass is 35.5. The molecular formula is C17H12Cl2N2O5. The molecule has 0 saturated heterocycles. The third-order valence-corrected chi connectivity index (χ3v) is 3.30. The molecule has 1 heterocycles. The fraction of sp³-hybridized carbons (Fsp3) is 0.118. The summed E-state index contributed by atoms with van der Waals surface area (Å²) in [5.41, 5.74) is 0.0617. The second-order valence-corrected chi connectivity index (χ2v) is 5.74. The van der Waals surface area contributed by atoms with Crippen molar-refractivity contribution in [3.63, 3.8) is 0 Å². The van der Waals surface area contributed by atoms with Gasteiger partial charge in [-0.25, -0.2) is 4.98 Å². The lowest BCUT2D eigenvalue weighted by molar-refractivity contribution is -0.135. The zero-order valence-corrected chi connectivity index (χ0v) is 14.6. The zero-order valence-electron chi connectivity index (χ0n) is 13.1. The number of nitrogens with one attached hydrogen (secondary N) is 1. The van der Waals surface area contributed by atoms with Crippen molar-refractivity contribution in [3.8, 4) is 23.3 Å². The van der Waals surface area contributed by atoms with E-state index in [1.54, 1.807) is 18.2 Å². The van der Waals surface area contributed by atoms with E-state index in [0.29, 0.717) is 21.4 Å². The van der Waals surface area contributed by atoms with Crippen molar-refractivity contribution < 1.29 is 24.5 Å². The molecule has 0 aliphatic carbocycles. The second kappa shape index (κ2) is 8.94. The number of carboxylic acids is 1. The van der Waals surface area contributed by atoms with Crippen LogP contribution in [0, 0.1) is 11.8 Å². The van der Waals surface area contributed by atoms with Gasteiger partial charge in [-0.05, 0) is 24.3 Å². The molecule has 0 radical (unpaired) electrons. The summed E-state index contributed by atoms with van der Waals surface area (Å²) in [6, 6.07) is 6.00. The molecule has 134 valence electrons. The van der Waals surface area contributed by atoms with Crippen molar-refractivity contribution in [1.29, 1.82) is 0 Å². The number of amides is 1. The number of carboxylic acid groups (broad SMARTS) is 1. The van der Waals surface area contributed by atoms with E-state index < -0.39 is 24.2 Å². The summed E-state index contributed by atoms with van der Waals surface area (Å²) in [6.45, 7) is -0.537. The van der Waals surface area contributed by atoms with Crippen LogP contribution in [-0.4, -0.2) is 40.2 Å². The van der Waals surface area contributed by atoms with Crippen LogP contribution in [-0.2, 0) is 4.79 Å². The molecule has 0 aliphatic rings. The Bertz CT molecular complexity index is 886. The molecule has 3 N–H and O–H groups in total. The van der Waals surface area contributed by atoms with E-state index >= 15 is 0 Å². The molecule has 26 heavy (non-hydrogen) atoms. The zero-order chi connectivity index (χ0) is 19.1. The molecule has 2 aromatic rings. The van der Waals surface area contributed by atoms with E-state index in [9.17, 15) is 14.7 Å². The lowest BCUT2D eigenvalue weighted by Gasteiger charge is -2.04. The van der Waals surface area contributed by atoms with Gasteiger partial charge in [0.05, 0.1) is 0 Å². The predicted molar refractivity (Wildman–Crippen MR) is 94.7 cm³/mol. The summed E-state index contributed by atoms with van der Waals surface area (Å²) in [6.07, 6.45) is 1.28. The Labute approximate surface area is 158 Å². The fourth-order valence-corrected chi connectivity index (χ4v) is 2.31. The maximum atomic E-state index is 11.7. The number of carbonyl (C=O) groups excluding carboxylic acids is 1. The molecule has 2 rings (SSSR count). The van der Waals surface area contributed by atoms with Crippen molar-refractivity contribution >= 4 is 35.1 Å². The molecule has 0 aliphatic heterocycles. The first-order valence-corrected chi connectivity index (χ1v) is 7.87. The Kier molecular flexibility index (Phi) is 6.67. The second-order valence-electron chi connectivity index (χ2n) is 4.86. The summed E-state index contributed by atoms with van der Waals surface area (Å²) >= 11 is 11.7. The fourth-order valence-electron chi connectivity index (χ4n) is 1.81. The third kappa shape index (κ3) is 5.84. The van der Waals surface area contributed by atoms with Crippen molar-refractivity contribution in [3.05, 3.63) is 51.8 Å². The van der Waals surface area contributed by atoms with Gasteiger partial charge in [-0.3, -0.25) is 9.59 Å². The number of carbonyl (C=O) groups is 2. The Balaban J connectivity index is 1.98. The van der Waals surface area contributed by atoms with Crippen LogP contribution in [0.15, 0.2) is 30.5 Å². The van der Waals surface area contributed by atoms with E-state index in [1.807, 2.05) is 0 Å². The molecule has 1 aromatic carbocycles. The smallest absolute Gasteiger partial charge is 0.322 e. The molecule has 0 atom stereocenters. The number of rotatable bonds is 5. The summed E-state index contributed by atoms with van der Waals surface area (Å²) in [4.78, 5) is 25.9. The normalized spacial score (nSPS) is 9.77. The van der Waals surface area contributed by atoms with Gasteiger partial charge in [0, 0.05) is 21.8 Å². The Hall–Kier alpha value is -2.95. The molecule has 7 nitrogen and oxygen atoms in total. The molecule has 0 spiro atoms. The minimum absolute atomic E-state index is 0.0400. The quantitative estimate of drug-likeness (QED) is 0.671. The van der Waals surface area contributed by atoms with Crippen LogP contribution in [0.1, 0.15) is 16.1 Å². The summed E-state index contributed by atoms with van der Waals surface area (Å²) in [7, 11) is 0. The number of pyridine rings is 1. The van der Waals surface area contributed by atoms with Crippen LogP contribution < -0.4 is 10.1 Å². The average molecular weight is 395 g/mol. The minimum atomic E-state index is -1.21. The van der Waals surface area contributed by atoms with Crippen molar-refractivity contribution in [2.24, 2.45) is 0 Å². The summed E-state index contributed by atoms with van der Waals surface area (Å²) in [5.74, 6) is 3.47. The van der Waals surface area contributed by atoms with Crippen LogP contribution in [0.2, 0.25) is 10.0 Å². The molecule has 0 unspecified atom stereocenters. The number of aromatic hydroxyl groups is 1. The molecule has 1 aromatic heterocycles. The molecular weight excluding hydrogens is 383 g/mol. The Morgan fingerprint density at radius 1 is 1.19 bits per heavy atom. The lowest BCUT2D eigenvalue weighted by Crippen LogP contribution is -2.29. The molecule has 0 bridgehead atoms. The maximum absolute atomic E-state index is 11.7. The number of hydrogen-bond acceptors (Lipinski definition) is 5. The average Bonchev–Trinajstić information content (AvgIpc) is 2.56. The number of hydrogen-bond donors (Lipinski definition) is 3. The lowest BCUT2D eigenvalue weighted by atomic mass is 10.2. The van der Waals surface area contributed by atoms with Crippen LogP contribution >= 0.6 is 23.2 Å². The summed E-state index contributed by atoms with van der Waals surface area (Å²) in [5, 5.41) is 21.3. The highest BCUT2D eigenvalue weighted by Crippen LogP contribution is 2.24. The highest BCUT2D eigenvalue weighted by molar-refractivity contribution is 6.34. The van der Waals surface area contributed by atoms with E-state index in [2.05, 4.69) is 22.1 Å². The van der Waals surface area contributed by atoms with E-state index in [4.69, 9.17) is 33.0 Å². The number of ether oxygens (including phenoxy) is 1. The van der Waals surface area contributed by atoms with Crippen LogP contribution in [0.4, 0.5) is 0 Å². The van der Waals surface area contributed by atoms with Gasteiger partial charge in [0.15, 0.2) is 5.69 Å². The van der Waals surface area contributed by atoms with Gasteiger partial charge in [-0.1, -0.05) is 35.0 Å². The van der Waals surface area contributed by atoms with Crippen LogP contribution in [0.25, 0.3) is 0 Å². The Morgan fingerprint density at radius 2 is 1.88 bits per heavy atom. The SMILES string of the molecule is O=C(O)CNC(=O)c1ncc(C#CCOc2cc(Cl)cc(Cl)c2)cc1O. The van der Waals surface area contributed by atoms with E-state index in [0.717, 1.165) is 0 Å². The third-order valence-electron chi connectivity index (χ3n) is 2.86. The molecule has 0 fully saturated rings.